The third-order valence-corrected chi connectivity index (χ3v) is 3.34. The second-order valence-electron chi connectivity index (χ2n) is 4.59. The van der Waals surface area contributed by atoms with Crippen LogP contribution in [0.4, 0.5) is 20.2 Å². The van der Waals surface area contributed by atoms with Crippen LogP contribution >= 0.6 is 0 Å². The van der Waals surface area contributed by atoms with E-state index in [1.165, 1.54) is 5.56 Å². The molecule has 1 saturated heterocycles. The number of alkyl halides is 2. The number of hydrogen-bond acceptors (Lipinski definition) is 2. The normalized spacial score (nSPS) is 19.4. The first-order chi connectivity index (χ1) is 8.02. The van der Waals surface area contributed by atoms with Gasteiger partial charge >= 0.3 is 0 Å². The number of rotatable bonds is 2. The highest BCUT2D eigenvalue weighted by molar-refractivity contribution is 5.68. The Morgan fingerprint density at radius 1 is 1.29 bits per heavy atom. The van der Waals surface area contributed by atoms with Gasteiger partial charge in [-0.1, -0.05) is 13.0 Å². The molecule has 94 valence electrons. The van der Waals surface area contributed by atoms with Crippen molar-refractivity contribution in [3.63, 3.8) is 0 Å². The number of nitrogens with zero attached hydrogens (tertiary/aromatic N) is 1. The smallest absolute Gasteiger partial charge is 0.251 e. The van der Waals surface area contributed by atoms with Crippen LogP contribution < -0.4 is 10.6 Å². The van der Waals surface area contributed by atoms with Gasteiger partial charge in [0.25, 0.3) is 5.92 Å². The summed E-state index contributed by atoms with van der Waals surface area (Å²) >= 11 is 0. The van der Waals surface area contributed by atoms with Crippen molar-refractivity contribution in [1.29, 1.82) is 0 Å². The molecule has 2 nitrogen and oxygen atoms in total. The minimum absolute atomic E-state index is 0.0814. The maximum Gasteiger partial charge on any atom is 0.251 e. The van der Waals surface area contributed by atoms with Gasteiger partial charge in [0.05, 0.1) is 11.4 Å². The summed E-state index contributed by atoms with van der Waals surface area (Å²) in [6, 6.07) is 5.89. The molecule has 0 aromatic heterocycles. The van der Waals surface area contributed by atoms with E-state index in [-0.39, 0.29) is 12.8 Å². The Bertz CT molecular complexity index is 394. The van der Waals surface area contributed by atoms with Crippen LogP contribution in [0.25, 0.3) is 0 Å². The molecule has 17 heavy (non-hydrogen) atoms. The van der Waals surface area contributed by atoms with E-state index in [0.717, 1.165) is 12.1 Å². The Morgan fingerprint density at radius 2 is 1.94 bits per heavy atom. The first kappa shape index (κ1) is 12.1. The van der Waals surface area contributed by atoms with Gasteiger partial charge in [-0.15, -0.1) is 0 Å². The minimum atomic E-state index is -2.51. The summed E-state index contributed by atoms with van der Waals surface area (Å²) < 4.78 is 26.1. The molecule has 1 heterocycles. The molecule has 0 atom stereocenters. The zero-order chi connectivity index (χ0) is 12.5. The molecular formula is C13H18F2N2. The molecule has 1 aliphatic rings. The van der Waals surface area contributed by atoms with Crippen molar-refractivity contribution in [2.45, 2.75) is 32.1 Å². The monoisotopic (exact) mass is 240 g/mol. The lowest BCUT2D eigenvalue weighted by Gasteiger charge is -2.34. The Balaban J connectivity index is 2.13. The van der Waals surface area contributed by atoms with Crippen molar-refractivity contribution >= 4 is 11.4 Å². The standard InChI is InChI=1S/C13H18F2N2/c1-2-10-3-4-12(11(16)9-10)17-7-5-13(14,15)6-8-17/h3-4,9H,2,5-8,16H2,1H3. The van der Waals surface area contributed by atoms with E-state index < -0.39 is 5.92 Å². The summed E-state index contributed by atoms with van der Waals surface area (Å²) in [6.07, 6.45) is 0.770. The van der Waals surface area contributed by atoms with Gasteiger partial charge in [-0.25, -0.2) is 8.78 Å². The molecule has 2 N–H and O–H groups in total. The lowest BCUT2D eigenvalue weighted by Crippen LogP contribution is -2.39. The lowest BCUT2D eigenvalue weighted by atomic mass is 10.0. The molecule has 4 heteroatoms. The van der Waals surface area contributed by atoms with Crippen LogP contribution in [0.5, 0.6) is 0 Å². The van der Waals surface area contributed by atoms with Crippen molar-refractivity contribution in [1.82, 2.24) is 0 Å². The molecule has 1 aromatic rings. The zero-order valence-electron chi connectivity index (χ0n) is 10.0. The Labute approximate surface area is 100 Å². The Morgan fingerprint density at radius 3 is 2.47 bits per heavy atom. The highest BCUT2D eigenvalue weighted by atomic mass is 19.3. The summed E-state index contributed by atoms with van der Waals surface area (Å²) in [4.78, 5) is 1.95. The van der Waals surface area contributed by atoms with Gasteiger partial charge in [-0.05, 0) is 24.1 Å². The van der Waals surface area contributed by atoms with Crippen molar-refractivity contribution in [2.75, 3.05) is 23.7 Å². The molecule has 0 saturated carbocycles. The van der Waals surface area contributed by atoms with Crippen molar-refractivity contribution < 1.29 is 8.78 Å². The van der Waals surface area contributed by atoms with E-state index in [9.17, 15) is 8.78 Å². The van der Waals surface area contributed by atoms with Crippen molar-refractivity contribution in [2.24, 2.45) is 0 Å². The van der Waals surface area contributed by atoms with Gasteiger partial charge in [0.2, 0.25) is 0 Å². The SMILES string of the molecule is CCc1ccc(N2CCC(F)(F)CC2)c(N)c1. The van der Waals surface area contributed by atoms with Crippen molar-refractivity contribution in [3.8, 4) is 0 Å². The first-order valence-corrected chi connectivity index (χ1v) is 6.03. The molecule has 0 bridgehead atoms. The van der Waals surface area contributed by atoms with Gasteiger partial charge in [0, 0.05) is 25.9 Å². The Kier molecular flexibility index (Phi) is 3.22. The molecule has 2 rings (SSSR count). The molecule has 1 aliphatic heterocycles. The number of halogens is 2. The van der Waals surface area contributed by atoms with Crippen LogP contribution in [-0.4, -0.2) is 19.0 Å². The van der Waals surface area contributed by atoms with E-state index in [1.807, 2.05) is 23.1 Å². The van der Waals surface area contributed by atoms with Crippen LogP contribution in [0, 0.1) is 0 Å². The topological polar surface area (TPSA) is 29.3 Å². The van der Waals surface area contributed by atoms with Crippen LogP contribution in [0.15, 0.2) is 18.2 Å². The second kappa shape index (κ2) is 4.51. The quantitative estimate of drug-likeness (QED) is 0.805. The van der Waals surface area contributed by atoms with Crippen molar-refractivity contribution in [3.05, 3.63) is 23.8 Å². The predicted molar refractivity (Wildman–Crippen MR) is 66.6 cm³/mol. The number of piperidine rings is 1. The average molecular weight is 240 g/mol. The second-order valence-corrected chi connectivity index (χ2v) is 4.59. The van der Waals surface area contributed by atoms with Gasteiger partial charge in [-0.3, -0.25) is 0 Å². The summed E-state index contributed by atoms with van der Waals surface area (Å²) in [5.74, 6) is -2.51. The van der Waals surface area contributed by atoms with Gasteiger partial charge in [-0.2, -0.15) is 0 Å². The van der Waals surface area contributed by atoms with E-state index in [1.54, 1.807) is 0 Å². The molecule has 0 radical (unpaired) electrons. The highest BCUT2D eigenvalue weighted by Crippen LogP contribution is 2.33. The summed E-state index contributed by atoms with van der Waals surface area (Å²) in [5, 5.41) is 0. The molecular weight excluding hydrogens is 222 g/mol. The molecule has 1 aromatic carbocycles. The highest BCUT2D eigenvalue weighted by Gasteiger charge is 2.34. The third-order valence-electron chi connectivity index (χ3n) is 3.34. The third kappa shape index (κ3) is 2.68. The number of aryl methyl sites for hydroxylation is 1. The summed E-state index contributed by atoms with van der Waals surface area (Å²) in [5.41, 5.74) is 8.72. The molecule has 0 amide bonds. The number of benzene rings is 1. The van der Waals surface area contributed by atoms with Gasteiger partial charge < -0.3 is 10.6 Å². The summed E-state index contributed by atoms with van der Waals surface area (Å²) in [7, 11) is 0. The number of nitrogens with two attached hydrogens (primary N) is 1. The fourth-order valence-electron chi connectivity index (χ4n) is 2.19. The van der Waals surface area contributed by atoms with Gasteiger partial charge in [0.15, 0.2) is 0 Å². The lowest BCUT2D eigenvalue weighted by molar-refractivity contribution is -0.0220. The predicted octanol–water partition coefficient (Wildman–Crippen LogP) is 3.07. The fraction of sp³-hybridized carbons (Fsp3) is 0.538. The van der Waals surface area contributed by atoms with E-state index in [4.69, 9.17) is 5.73 Å². The first-order valence-electron chi connectivity index (χ1n) is 6.03. The molecule has 1 fully saturated rings. The Hall–Kier alpha value is -1.32. The van der Waals surface area contributed by atoms with Crippen LogP contribution in [0.1, 0.15) is 25.3 Å². The zero-order valence-corrected chi connectivity index (χ0v) is 10.0. The number of anilines is 2. The van der Waals surface area contributed by atoms with Crippen LogP contribution in [-0.2, 0) is 6.42 Å². The van der Waals surface area contributed by atoms with E-state index in [0.29, 0.717) is 18.8 Å². The maximum atomic E-state index is 13.1. The number of nitrogen functional groups attached to an aromatic ring is 1. The molecule has 0 aliphatic carbocycles. The van der Waals surface area contributed by atoms with Crippen LogP contribution in [0.3, 0.4) is 0 Å². The van der Waals surface area contributed by atoms with Crippen LogP contribution in [0.2, 0.25) is 0 Å². The maximum absolute atomic E-state index is 13.1. The largest absolute Gasteiger partial charge is 0.397 e. The minimum Gasteiger partial charge on any atom is -0.397 e. The molecule has 0 spiro atoms. The van der Waals surface area contributed by atoms with Gasteiger partial charge in [0.1, 0.15) is 0 Å². The summed E-state index contributed by atoms with van der Waals surface area (Å²) in [6.45, 7) is 2.82. The molecule has 0 unspecified atom stereocenters. The van der Waals surface area contributed by atoms with E-state index >= 15 is 0 Å². The van der Waals surface area contributed by atoms with E-state index in [2.05, 4.69) is 6.92 Å². The number of hydrogen-bond donors (Lipinski definition) is 1. The average Bonchev–Trinajstić information content (AvgIpc) is 2.29. The fourth-order valence-corrected chi connectivity index (χ4v) is 2.19.